The van der Waals surface area contributed by atoms with Crippen LogP contribution in [0.5, 0.6) is 0 Å². The van der Waals surface area contributed by atoms with E-state index in [0.29, 0.717) is 12.8 Å². The smallest absolute Gasteiger partial charge is 0.306 e. The summed E-state index contributed by atoms with van der Waals surface area (Å²) >= 11 is 0. The Morgan fingerprint density at radius 1 is 0.253 bits per heavy atom. The van der Waals surface area contributed by atoms with Crippen molar-refractivity contribution >= 4 is 17.9 Å². The number of allylic oxidation sites excluding steroid dienone is 32. The summed E-state index contributed by atoms with van der Waals surface area (Å²) < 4.78 is 16.8. The van der Waals surface area contributed by atoms with Gasteiger partial charge < -0.3 is 14.2 Å². The molecule has 1 unspecified atom stereocenters. The average molecular weight is 1080 g/mol. The molecule has 0 saturated carbocycles. The van der Waals surface area contributed by atoms with Gasteiger partial charge in [0.25, 0.3) is 0 Å². The first kappa shape index (κ1) is 73.2. The van der Waals surface area contributed by atoms with Crippen molar-refractivity contribution in [2.45, 2.75) is 232 Å². The van der Waals surface area contributed by atoms with E-state index in [0.717, 1.165) is 148 Å². The fraction of sp³-hybridized carbons (Fsp3) is 0.521. The standard InChI is InChI=1S/C73H110O6/c1-4-7-10-13-16-19-22-25-27-29-31-33-34-35-36-37-38-40-41-43-45-48-51-54-57-60-63-66-72(75)78-69-70(68-77-71(74)65-62-59-56-53-50-47-24-21-18-15-12-9-6-3)79-73(76)67-64-61-58-55-52-49-46-44-42-39-32-30-28-26-23-20-17-14-11-8-5-2/h7-12,16-21,25-28,31-33,35-36,38-40,43,45,47,50-51,54,56,59,70H,4-6,13-15,22-24,29-30,34,37,41-42,44,46,48-49,52-53,55,57-58,60-69H2,1-3H3/b10-7-,11-8-,12-9-,19-16-,20-17-,21-18-,27-25-,28-26-,33-31-,36-35-,39-32-,40-38-,45-43-,50-47-,54-51-,59-56-. The Kier molecular flexibility index (Phi) is 60.1. The zero-order valence-corrected chi connectivity index (χ0v) is 50.0. The second-order valence-corrected chi connectivity index (χ2v) is 19.5. The van der Waals surface area contributed by atoms with Gasteiger partial charge in [-0.1, -0.05) is 254 Å². The van der Waals surface area contributed by atoms with E-state index in [-0.39, 0.29) is 50.4 Å². The third kappa shape index (κ3) is 63.0. The first-order chi connectivity index (χ1) is 39.0. The summed E-state index contributed by atoms with van der Waals surface area (Å²) in [6.07, 6.45) is 98.8. The first-order valence-electron chi connectivity index (χ1n) is 30.9. The monoisotopic (exact) mass is 1080 g/mol. The van der Waals surface area contributed by atoms with E-state index in [9.17, 15) is 14.4 Å². The molecule has 0 radical (unpaired) electrons. The van der Waals surface area contributed by atoms with Gasteiger partial charge in [0.15, 0.2) is 6.10 Å². The lowest BCUT2D eigenvalue weighted by atomic mass is 10.1. The van der Waals surface area contributed by atoms with Crippen LogP contribution in [0.2, 0.25) is 0 Å². The average Bonchev–Trinajstić information content (AvgIpc) is 3.45. The Balaban J connectivity index is 4.53. The molecule has 438 valence electrons. The van der Waals surface area contributed by atoms with Crippen LogP contribution < -0.4 is 0 Å². The molecule has 0 aromatic rings. The number of carbonyl (C=O) groups excluding carboxylic acids is 3. The van der Waals surface area contributed by atoms with E-state index in [4.69, 9.17) is 14.2 Å². The van der Waals surface area contributed by atoms with Gasteiger partial charge in [0, 0.05) is 19.3 Å². The predicted molar refractivity (Wildman–Crippen MR) is 343 cm³/mol. The third-order valence-corrected chi connectivity index (χ3v) is 12.1. The fourth-order valence-corrected chi connectivity index (χ4v) is 7.58. The van der Waals surface area contributed by atoms with E-state index in [1.165, 1.54) is 25.7 Å². The molecule has 0 aromatic heterocycles. The molecule has 6 nitrogen and oxygen atoms in total. The molecule has 0 bridgehead atoms. The largest absolute Gasteiger partial charge is 0.462 e. The quantitative estimate of drug-likeness (QED) is 0.0261. The Bertz CT molecular complexity index is 1920. The summed E-state index contributed by atoms with van der Waals surface area (Å²) in [5.74, 6) is -1.08. The maximum Gasteiger partial charge on any atom is 0.306 e. The number of hydrogen-bond donors (Lipinski definition) is 0. The summed E-state index contributed by atoms with van der Waals surface area (Å²) in [6.45, 7) is 6.17. The van der Waals surface area contributed by atoms with E-state index in [1.54, 1.807) is 0 Å². The topological polar surface area (TPSA) is 78.9 Å². The van der Waals surface area contributed by atoms with Crippen LogP contribution in [0.1, 0.15) is 226 Å². The minimum Gasteiger partial charge on any atom is -0.462 e. The van der Waals surface area contributed by atoms with Crippen LogP contribution in [0, 0.1) is 0 Å². The molecule has 0 aromatic carbocycles. The van der Waals surface area contributed by atoms with Crippen LogP contribution in [-0.2, 0) is 28.6 Å². The highest BCUT2D eigenvalue weighted by Gasteiger charge is 2.19. The van der Waals surface area contributed by atoms with Crippen LogP contribution in [0.25, 0.3) is 0 Å². The van der Waals surface area contributed by atoms with Gasteiger partial charge in [0.05, 0.1) is 0 Å². The molecular formula is C73H110O6. The molecule has 0 heterocycles. The Hall–Kier alpha value is -5.75. The van der Waals surface area contributed by atoms with Crippen molar-refractivity contribution in [1.82, 2.24) is 0 Å². The lowest BCUT2D eigenvalue weighted by Gasteiger charge is -2.18. The van der Waals surface area contributed by atoms with E-state index < -0.39 is 6.10 Å². The zero-order chi connectivity index (χ0) is 57.1. The molecule has 0 aliphatic carbocycles. The summed E-state index contributed by atoms with van der Waals surface area (Å²) in [6, 6.07) is 0. The van der Waals surface area contributed by atoms with Crippen molar-refractivity contribution < 1.29 is 28.6 Å². The second kappa shape index (κ2) is 64.8. The summed E-state index contributed by atoms with van der Waals surface area (Å²) in [7, 11) is 0. The highest BCUT2D eigenvalue weighted by Crippen LogP contribution is 2.13. The normalized spacial score (nSPS) is 13.5. The molecule has 6 heteroatoms. The van der Waals surface area contributed by atoms with Gasteiger partial charge in [-0.3, -0.25) is 14.4 Å². The maximum absolute atomic E-state index is 12.9. The van der Waals surface area contributed by atoms with Crippen LogP contribution in [0.4, 0.5) is 0 Å². The van der Waals surface area contributed by atoms with Crippen LogP contribution >= 0.6 is 0 Å². The highest BCUT2D eigenvalue weighted by molar-refractivity contribution is 5.71. The first-order valence-corrected chi connectivity index (χ1v) is 30.9. The number of hydrogen-bond acceptors (Lipinski definition) is 6. The van der Waals surface area contributed by atoms with E-state index >= 15 is 0 Å². The molecule has 0 aliphatic rings. The number of unbranched alkanes of at least 4 members (excludes halogenated alkanes) is 10. The number of esters is 3. The maximum atomic E-state index is 12.9. The zero-order valence-electron chi connectivity index (χ0n) is 50.0. The Labute approximate surface area is 484 Å². The molecule has 0 N–H and O–H groups in total. The van der Waals surface area contributed by atoms with Gasteiger partial charge >= 0.3 is 17.9 Å². The van der Waals surface area contributed by atoms with E-state index in [1.807, 2.05) is 12.2 Å². The number of ether oxygens (including phenoxy) is 3. The molecule has 0 saturated heterocycles. The third-order valence-electron chi connectivity index (χ3n) is 12.1. The summed E-state index contributed by atoms with van der Waals surface area (Å²) in [5, 5.41) is 0. The van der Waals surface area contributed by atoms with Crippen LogP contribution in [-0.4, -0.2) is 37.2 Å². The van der Waals surface area contributed by atoms with Gasteiger partial charge in [-0.2, -0.15) is 0 Å². The number of carbonyl (C=O) groups is 3. The number of rotatable bonds is 53. The molecule has 0 aliphatic heterocycles. The van der Waals surface area contributed by atoms with Gasteiger partial charge in [0.2, 0.25) is 0 Å². The summed E-state index contributed by atoms with van der Waals surface area (Å²) in [5.41, 5.74) is 0. The molecule has 0 fully saturated rings. The van der Waals surface area contributed by atoms with Crippen LogP contribution in [0.15, 0.2) is 194 Å². The molecule has 0 spiro atoms. The molecule has 79 heavy (non-hydrogen) atoms. The van der Waals surface area contributed by atoms with Gasteiger partial charge in [0.1, 0.15) is 13.2 Å². The second-order valence-electron chi connectivity index (χ2n) is 19.5. The lowest BCUT2D eigenvalue weighted by Crippen LogP contribution is -2.30. The highest BCUT2D eigenvalue weighted by atomic mass is 16.6. The minimum absolute atomic E-state index is 0.137. The van der Waals surface area contributed by atoms with Crippen LogP contribution in [0.3, 0.4) is 0 Å². The predicted octanol–water partition coefficient (Wildman–Crippen LogP) is 21.4. The Morgan fingerprint density at radius 2 is 0.481 bits per heavy atom. The SMILES string of the molecule is CC/C=C\C/C=C\C/C=C\C/C=C\C/C=C\C/C=C\C/C=C\C/C=C\CCCCC(=O)OCC(COC(=O)CC/C=C\C/C=C\C/C=C\C/C=C\CC)OC(=O)CCCCCCCCCC/C=C\C/C=C\C/C=C\C/C=C\CC. The van der Waals surface area contributed by atoms with Crippen molar-refractivity contribution in [2.75, 3.05) is 13.2 Å². The van der Waals surface area contributed by atoms with E-state index in [2.05, 4.69) is 203 Å². The molecule has 0 amide bonds. The Morgan fingerprint density at radius 3 is 0.810 bits per heavy atom. The van der Waals surface area contributed by atoms with Gasteiger partial charge in [-0.15, -0.1) is 0 Å². The van der Waals surface area contributed by atoms with Gasteiger partial charge in [-0.05, 0) is 148 Å². The molecule has 0 rings (SSSR count). The fourth-order valence-electron chi connectivity index (χ4n) is 7.58. The van der Waals surface area contributed by atoms with Crippen molar-refractivity contribution in [1.29, 1.82) is 0 Å². The summed E-state index contributed by atoms with van der Waals surface area (Å²) in [4.78, 5) is 38.2. The van der Waals surface area contributed by atoms with Crippen molar-refractivity contribution in [3.63, 3.8) is 0 Å². The molecular weight excluding hydrogens is 973 g/mol. The lowest BCUT2D eigenvalue weighted by molar-refractivity contribution is -0.166. The van der Waals surface area contributed by atoms with Gasteiger partial charge in [-0.25, -0.2) is 0 Å². The van der Waals surface area contributed by atoms with Crippen molar-refractivity contribution in [3.05, 3.63) is 194 Å². The van der Waals surface area contributed by atoms with Crippen molar-refractivity contribution in [3.8, 4) is 0 Å². The van der Waals surface area contributed by atoms with Crippen molar-refractivity contribution in [2.24, 2.45) is 0 Å². The molecule has 1 atom stereocenters. The minimum atomic E-state index is -0.843.